The fraction of sp³-hybridized carbons (Fsp3) is 0.917. The van der Waals surface area contributed by atoms with Crippen LogP contribution in [0.4, 0.5) is 0 Å². The first-order valence-electron chi connectivity index (χ1n) is 5.62. The Labute approximate surface area is 81.9 Å². The van der Waals surface area contributed by atoms with Crippen molar-refractivity contribution < 1.29 is 4.79 Å². The molecule has 1 nitrogen and oxygen atoms in total. The Bertz CT molecular complexity index is 178. The molecule has 0 aromatic heterocycles. The molecule has 0 aliphatic heterocycles. The summed E-state index contributed by atoms with van der Waals surface area (Å²) in [6, 6.07) is 0. The Hall–Kier alpha value is -0.330. The van der Waals surface area contributed by atoms with Gasteiger partial charge in [0.1, 0.15) is 5.78 Å². The van der Waals surface area contributed by atoms with E-state index in [4.69, 9.17) is 0 Å². The molecule has 1 aliphatic rings. The average Bonchev–Trinajstić information content (AvgIpc) is 2.53. The van der Waals surface area contributed by atoms with Gasteiger partial charge in [0.05, 0.1) is 0 Å². The van der Waals surface area contributed by atoms with E-state index in [1.165, 1.54) is 12.8 Å². The summed E-state index contributed by atoms with van der Waals surface area (Å²) in [4.78, 5) is 11.9. The van der Waals surface area contributed by atoms with Crippen molar-refractivity contribution in [2.75, 3.05) is 0 Å². The second-order valence-electron chi connectivity index (χ2n) is 4.91. The summed E-state index contributed by atoms with van der Waals surface area (Å²) >= 11 is 0. The number of ketones is 1. The van der Waals surface area contributed by atoms with Gasteiger partial charge in [-0.05, 0) is 18.8 Å². The Morgan fingerprint density at radius 3 is 2.38 bits per heavy atom. The van der Waals surface area contributed by atoms with Crippen LogP contribution in [-0.4, -0.2) is 5.78 Å². The number of hydrogen-bond acceptors (Lipinski definition) is 1. The first-order valence-corrected chi connectivity index (χ1v) is 5.62. The van der Waals surface area contributed by atoms with Crippen LogP contribution in [0.2, 0.25) is 0 Å². The summed E-state index contributed by atoms with van der Waals surface area (Å²) in [6.07, 6.45) is 6.69. The Morgan fingerprint density at radius 1 is 1.38 bits per heavy atom. The summed E-state index contributed by atoms with van der Waals surface area (Å²) in [5, 5.41) is 0. The molecular weight excluding hydrogens is 160 g/mol. The SMILES string of the molecule is CCC(C)CC(=O)C1(C)CCCC1. The van der Waals surface area contributed by atoms with Crippen molar-refractivity contribution in [2.24, 2.45) is 11.3 Å². The first kappa shape index (κ1) is 10.7. The molecule has 13 heavy (non-hydrogen) atoms. The van der Waals surface area contributed by atoms with Gasteiger partial charge in [0.2, 0.25) is 0 Å². The second-order valence-corrected chi connectivity index (χ2v) is 4.91. The van der Waals surface area contributed by atoms with Gasteiger partial charge in [-0.1, -0.05) is 40.0 Å². The maximum absolute atomic E-state index is 11.9. The molecule has 1 atom stereocenters. The molecule has 1 fully saturated rings. The standard InChI is InChI=1S/C12H22O/c1-4-10(2)9-11(13)12(3)7-5-6-8-12/h10H,4-9H2,1-3H3. The quantitative estimate of drug-likeness (QED) is 0.649. The third-order valence-corrected chi connectivity index (χ3v) is 3.61. The Kier molecular flexibility index (Phi) is 3.52. The van der Waals surface area contributed by atoms with E-state index < -0.39 is 0 Å². The summed E-state index contributed by atoms with van der Waals surface area (Å²) < 4.78 is 0. The molecule has 1 saturated carbocycles. The topological polar surface area (TPSA) is 17.1 Å². The van der Waals surface area contributed by atoms with Crippen LogP contribution in [0, 0.1) is 11.3 Å². The van der Waals surface area contributed by atoms with Gasteiger partial charge in [0, 0.05) is 11.8 Å². The highest BCUT2D eigenvalue weighted by Crippen LogP contribution is 2.39. The van der Waals surface area contributed by atoms with Gasteiger partial charge in [0.15, 0.2) is 0 Å². The highest BCUT2D eigenvalue weighted by Gasteiger charge is 2.35. The fourth-order valence-electron chi connectivity index (χ4n) is 2.14. The predicted octanol–water partition coefficient (Wildman–Crippen LogP) is 3.57. The summed E-state index contributed by atoms with van der Waals surface area (Å²) in [5.74, 6) is 1.09. The highest BCUT2D eigenvalue weighted by atomic mass is 16.1. The third kappa shape index (κ3) is 2.55. The van der Waals surface area contributed by atoms with Crippen molar-refractivity contribution in [3.63, 3.8) is 0 Å². The largest absolute Gasteiger partial charge is 0.299 e. The molecule has 0 heterocycles. The van der Waals surface area contributed by atoms with Crippen LogP contribution in [0.15, 0.2) is 0 Å². The number of hydrogen-bond donors (Lipinski definition) is 0. The normalized spacial score (nSPS) is 23.0. The maximum Gasteiger partial charge on any atom is 0.139 e. The monoisotopic (exact) mass is 182 g/mol. The number of carbonyl (C=O) groups is 1. The van der Waals surface area contributed by atoms with Gasteiger partial charge >= 0.3 is 0 Å². The zero-order chi connectivity index (χ0) is 9.90. The van der Waals surface area contributed by atoms with E-state index in [1.807, 2.05) is 0 Å². The van der Waals surface area contributed by atoms with Crippen molar-refractivity contribution in [3.05, 3.63) is 0 Å². The first-order chi connectivity index (χ1) is 6.08. The van der Waals surface area contributed by atoms with E-state index >= 15 is 0 Å². The third-order valence-electron chi connectivity index (χ3n) is 3.61. The highest BCUT2D eigenvalue weighted by molar-refractivity contribution is 5.84. The van der Waals surface area contributed by atoms with Crippen LogP contribution < -0.4 is 0 Å². The van der Waals surface area contributed by atoms with Gasteiger partial charge < -0.3 is 0 Å². The fourth-order valence-corrected chi connectivity index (χ4v) is 2.14. The van der Waals surface area contributed by atoms with Crippen molar-refractivity contribution in [2.45, 2.75) is 59.3 Å². The van der Waals surface area contributed by atoms with Crippen molar-refractivity contribution >= 4 is 5.78 Å². The summed E-state index contributed by atoms with van der Waals surface area (Å²) in [7, 11) is 0. The minimum atomic E-state index is 0.0451. The van der Waals surface area contributed by atoms with E-state index in [1.54, 1.807) is 0 Å². The van der Waals surface area contributed by atoms with E-state index in [2.05, 4.69) is 20.8 Å². The van der Waals surface area contributed by atoms with E-state index in [9.17, 15) is 4.79 Å². The molecular formula is C12H22O. The lowest BCUT2D eigenvalue weighted by atomic mass is 9.80. The minimum absolute atomic E-state index is 0.0451. The predicted molar refractivity (Wildman–Crippen MR) is 55.7 cm³/mol. The van der Waals surface area contributed by atoms with E-state index in [-0.39, 0.29) is 5.41 Å². The molecule has 0 radical (unpaired) electrons. The van der Waals surface area contributed by atoms with Gasteiger partial charge in [-0.2, -0.15) is 0 Å². The van der Waals surface area contributed by atoms with E-state index in [0.717, 1.165) is 25.7 Å². The lowest BCUT2D eigenvalue weighted by Gasteiger charge is -2.23. The molecule has 1 aliphatic carbocycles. The Balaban J connectivity index is 2.46. The molecule has 0 bridgehead atoms. The molecule has 1 heteroatoms. The minimum Gasteiger partial charge on any atom is -0.299 e. The van der Waals surface area contributed by atoms with Crippen LogP contribution in [0.3, 0.4) is 0 Å². The molecule has 1 unspecified atom stereocenters. The smallest absolute Gasteiger partial charge is 0.139 e. The number of carbonyl (C=O) groups excluding carboxylic acids is 1. The van der Waals surface area contributed by atoms with Crippen molar-refractivity contribution in [1.82, 2.24) is 0 Å². The van der Waals surface area contributed by atoms with Gasteiger partial charge in [0.25, 0.3) is 0 Å². The molecule has 0 saturated heterocycles. The lowest BCUT2D eigenvalue weighted by Crippen LogP contribution is -2.25. The van der Waals surface area contributed by atoms with Crippen LogP contribution in [0.5, 0.6) is 0 Å². The van der Waals surface area contributed by atoms with Crippen molar-refractivity contribution in [3.8, 4) is 0 Å². The lowest BCUT2D eigenvalue weighted by molar-refractivity contribution is -0.128. The van der Waals surface area contributed by atoms with Gasteiger partial charge in [-0.25, -0.2) is 0 Å². The molecule has 1 rings (SSSR count). The average molecular weight is 182 g/mol. The summed E-state index contributed by atoms with van der Waals surface area (Å²) in [6.45, 7) is 6.50. The van der Waals surface area contributed by atoms with E-state index in [0.29, 0.717) is 11.7 Å². The van der Waals surface area contributed by atoms with Crippen LogP contribution in [0.1, 0.15) is 59.3 Å². The van der Waals surface area contributed by atoms with Gasteiger partial charge in [-0.15, -0.1) is 0 Å². The molecule has 0 aromatic carbocycles. The molecule has 0 aromatic rings. The van der Waals surface area contributed by atoms with Crippen LogP contribution in [0.25, 0.3) is 0 Å². The zero-order valence-electron chi connectivity index (χ0n) is 9.23. The molecule has 0 N–H and O–H groups in total. The zero-order valence-corrected chi connectivity index (χ0v) is 9.23. The summed E-state index contributed by atoms with van der Waals surface area (Å²) in [5.41, 5.74) is 0.0451. The Morgan fingerprint density at radius 2 is 1.92 bits per heavy atom. The van der Waals surface area contributed by atoms with Crippen LogP contribution in [-0.2, 0) is 4.79 Å². The van der Waals surface area contributed by atoms with Crippen LogP contribution >= 0.6 is 0 Å². The van der Waals surface area contributed by atoms with Crippen molar-refractivity contribution in [1.29, 1.82) is 0 Å². The molecule has 0 spiro atoms. The number of rotatable bonds is 4. The van der Waals surface area contributed by atoms with Gasteiger partial charge in [-0.3, -0.25) is 4.79 Å². The maximum atomic E-state index is 11.9. The molecule has 76 valence electrons. The number of Topliss-reactive ketones (excluding diaryl/α,β-unsaturated/α-hetero) is 1. The second kappa shape index (κ2) is 4.26. The molecule has 0 amide bonds.